The molecule has 4 rings (SSSR count). The fourth-order valence-corrected chi connectivity index (χ4v) is 7.11. The lowest BCUT2D eigenvalue weighted by molar-refractivity contribution is -0.143. The first-order valence-corrected chi connectivity index (χ1v) is 13.0. The summed E-state index contributed by atoms with van der Waals surface area (Å²) in [5.74, 6) is -0.0135. The molecule has 1 aromatic heterocycles. The highest BCUT2D eigenvalue weighted by atomic mass is 32.1. The topological polar surface area (TPSA) is 94.5 Å². The maximum absolute atomic E-state index is 13.2. The quantitative estimate of drug-likeness (QED) is 0.415. The number of unbranched alkanes of at least 4 members (excludes halogenated alkanes) is 1. The number of nitrogens with one attached hydrogen (secondary N) is 2. The first-order valence-electron chi connectivity index (χ1n) is 12.2. The van der Waals surface area contributed by atoms with E-state index in [1.807, 2.05) is 37.3 Å². The molecule has 4 N–H and O–H groups in total. The second-order valence-electron chi connectivity index (χ2n) is 10.3. The lowest BCUT2D eigenvalue weighted by Crippen LogP contribution is -2.57. The lowest BCUT2D eigenvalue weighted by atomic mass is 9.47. The highest BCUT2D eigenvalue weighted by Crippen LogP contribution is 2.62. The minimum absolute atomic E-state index is 0.0238. The number of para-hydroxylation sites is 1. The summed E-state index contributed by atoms with van der Waals surface area (Å²) < 4.78 is 0. The Labute approximate surface area is 200 Å². The molecule has 0 bridgehead atoms. The fourth-order valence-electron chi connectivity index (χ4n) is 6.01. The van der Waals surface area contributed by atoms with Crippen molar-refractivity contribution in [3.8, 4) is 0 Å². The molecule has 2 aliphatic rings. The van der Waals surface area contributed by atoms with Crippen molar-refractivity contribution in [3.05, 3.63) is 40.9 Å². The highest BCUT2D eigenvalue weighted by Gasteiger charge is 2.59. The first-order chi connectivity index (χ1) is 15.8. The van der Waals surface area contributed by atoms with Crippen LogP contribution in [0.25, 0.3) is 0 Å². The molecule has 0 aliphatic heterocycles. The van der Waals surface area contributed by atoms with Crippen LogP contribution in [0.5, 0.6) is 0 Å². The van der Waals surface area contributed by atoms with E-state index in [-0.39, 0.29) is 29.8 Å². The van der Waals surface area contributed by atoms with Gasteiger partial charge >= 0.3 is 0 Å². The molecular weight excluding hydrogens is 434 g/mol. The van der Waals surface area contributed by atoms with Crippen molar-refractivity contribution in [2.45, 2.75) is 71.3 Å². The molecule has 0 saturated heterocycles. The Morgan fingerprint density at radius 1 is 1.27 bits per heavy atom. The number of aliphatic hydroxyl groups is 2. The molecule has 2 aliphatic carbocycles. The third-order valence-electron chi connectivity index (χ3n) is 8.15. The van der Waals surface area contributed by atoms with Gasteiger partial charge in [0.2, 0.25) is 5.91 Å². The van der Waals surface area contributed by atoms with E-state index in [0.717, 1.165) is 48.7 Å². The molecule has 33 heavy (non-hydrogen) atoms. The second-order valence-corrected chi connectivity index (χ2v) is 11.3. The summed E-state index contributed by atoms with van der Waals surface area (Å²) in [5, 5.41) is 28.7. The zero-order valence-corrected chi connectivity index (χ0v) is 20.8. The van der Waals surface area contributed by atoms with Gasteiger partial charge in [0, 0.05) is 34.9 Å². The monoisotopic (exact) mass is 471 g/mol. The second kappa shape index (κ2) is 9.72. The predicted octanol–water partition coefficient (Wildman–Crippen LogP) is 4.80. The summed E-state index contributed by atoms with van der Waals surface area (Å²) in [7, 11) is 0. The number of hydrogen-bond donors (Lipinski definition) is 4. The van der Waals surface area contributed by atoms with E-state index in [2.05, 4.69) is 24.5 Å². The van der Waals surface area contributed by atoms with Crippen LogP contribution >= 0.6 is 11.3 Å². The maximum atomic E-state index is 13.2. The Morgan fingerprint density at radius 3 is 2.73 bits per heavy atom. The van der Waals surface area contributed by atoms with E-state index in [4.69, 9.17) is 4.98 Å². The van der Waals surface area contributed by atoms with Crippen molar-refractivity contribution in [3.63, 3.8) is 0 Å². The minimum atomic E-state index is -0.599. The van der Waals surface area contributed by atoms with Gasteiger partial charge in [-0.15, -0.1) is 11.3 Å². The Morgan fingerprint density at radius 2 is 2.03 bits per heavy atom. The molecule has 5 atom stereocenters. The summed E-state index contributed by atoms with van der Waals surface area (Å²) in [4.78, 5) is 19.3. The van der Waals surface area contributed by atoms with Crippen molar-refractivity contribution in [2.24, 2.45) is 16.7 Å². The van der Waals surface area contributed by atoms with Gasteiger partial charge in [0.1, 0.15) is 0 Å². The number of benzene rings is 1. The van der Waals surface area contributed by atoms with Crippen LogP contribution in [0.1, 0.15) is 69.4 Å². The van der Waals surface area contributed by atoms with Crippen LogP contribution in [0.4, 0.5) is 10.8 Å². The van der Waals surface area contributed by atoms with Crippen LogP contribution in [-0.2, 0) is 11.2 Å². The van der Waals surface area contributed by atoms with Gasteiger partial charge in [0.05, 0.1) is 18.4 Å². The molecule has 1 saturated carbocycles. The summed E-state index contributed by atoms with van der Waals surface area (Å²) in [5.41, 5.74) is 0.989. The van der Waals surface area contributed by atoms with Gasteiger partial charge < -0.3 is 20.8 Å². The van der Waals surface area contributed by atoms with Crippen LogP contribution in [-0.4, -0.2) is 40.4 Å². The Hall–Kier alpha value is -1.96. The standard InChI is InChI=1S/C26H37N3O3S/c1-4-5-13-27-24-29-23-18(14-22(32)28-17-9-7-6-8-10-17)25(2)12-11-21(31)26(3,16-30)20(25)15-19(23)33-24/h6-10,18,20-21,30-31H,4-5,11-16H2,1-3H3,(H,27,29)(H,28,32). The van der Waals surface area contributed by atoms with E-state index in [1.165, 1.54) is 4.88 Å². The molecular formula is C26H37N3O3S. The van der Waals surface area contributed by atoms with Crippen LogP contribution in [0.3, 0.4) is 0 Å². The highest BCUT2D eigenvalue weighted by molar-refractivity contribution is 7.15. The maximum Gasteiger partial charge on any atom is 0.225 e. The normalized spacial score (nSPS) is 30.9. The van der Waals surface area contributed by atoms with E-state index in [0.29, 0.717) is 12.8 Å². The molecule has 2 aromatic rings. The number of aliphatic hydroxyl groups excluding tert-OH is 2. The van der Waals surface area contributed by atoms with Crippen LogP contribution in [0.15, 0.2) is 30.3 Å². The zero-order chi connectivity index (χ0) is 23.6. The SMILES string of the molecule is CCCCNc1nc2c(s1)CC1C(C)(CO)C(O)CCC1(C)C2CC(=O)Nc1ccccc1. The molecule has 0 radical (unpaired) electrons. The zero-order valence-electron chi connectivity index (χ0n) is 19.9. The molecule has 1 amide bonds. The molecule has 1 fully saturated rings. The van der Waals surface area contributed by atoms with Crippen LogP contribution < -0.4 is 10.6 Å². The van der Waals surface area contributed by atoms with Crippen molar-refractivity contribution in [1.29, 1.82) is 0 Å². The third-order valence-corrected chi connectivity index (χ3v) is 9.20. The third kappa shape index (κ3) is 4.55. The fraction of sp³-hybridized carbons (Fsp3) is 0.615. The van der Waals surface area contributed by atoms with Gasteiger partial charge in [-0.05, 0) is 49.1 Å². The largest absolute Gasteiger partial charge is 0.396 e. The number of carbonyl (C=O) groups excluding carboxylic acids is 1. The minimum Gasteiger partial charge on any atom is -0.396 e. The van der Waals surface area contributed by atoms with Gasteiger partial charge in [-0.25, -0.2) is 4.98 Å². The van der Waals surface area contributed by atoms with Gasteiger partial charge in [-0.2, -0.15) is 0 Å². The number of hydrogen-bond acceptors (Lipinski definition) is 6. The van der Waals surface area contributed by atoms with Crippen LogP contribution in [0.2, 0.25) is 0 Å². The number of aromatic nitrogens is 1. The van der Waals surface area contributed by atoms with Crippen molar-refractivity contribution in [1.82, 2.24) is 4.98 Å². The molecule has 1 heterocycles. The van der Waals surface area contributed by atoms with E-state index in [1.54, 1.807) is 11.3 Å². The molecule has 180 valence electrons. The lowest BCUT2D eigenvalue weighted by Gasteiger charge is -2.58. The average molecular weight is 472 g/mol. The van der Waals surface area contributed by atoms with Gasteiger partial charge in [0.25, 0.3) is 0 Å². The summed E-state index contributed by atoms with van der Waals surface area (Å²) in [6.45, 7) is 7.24. The molecule has 6 nitrogen and oxygen atoms in total. The van der Waals surface area contributed by atoms with E-state index in [9.17, 15) is 15.0 Å². The predicted molar refractivity (Wildman–Crippen MR) is 134 cm³/mol. The Bertz CT molecular complexity index is 965. The number of anilines is 2. The van der Waals surface area contributed by atoms with Gasteiger partial charge in [0.15, 0.2) is 5.13 Å². The summed E-state index contributed by atoms with van der Waals surface area (Å²) in [6.07, 6.45) is 4.22. The number of nitrogens with zero attached hydrogens (tertiary/aromatic N) is 1. The Kier molecular flexibility index (Phi) is 7.12. The number of fused-ring (bicyclic) bond motifs is 2. The molecule has 0 spiro atoms. The number of carbonyl (C=O) groups is 1. The number of rotatable bonds is 8. The van der Waals surface area contributed by atoms with E-state index >= 15 is 0 Å². The van der Waals surface area contributed by atoms with Gasteiger partial charge in [-0.1, -0.05) is 45.4 Å². The van der Waals surface area contributed by atoms with Crippen molar-refractivity contribution >= 4 is 28.1 Å². The van der Waals surface area contributed by atoms with Crippen molar-refractivity contribution < 1.29 is 15.0 Å². The van der Waals surface area contributed by atoms with E-state index < -0.39 is 11.5 Å². The molecule has 1 aromatic carbocycles. The van der Waals surface area contributed by atoms with Gasteiger partial charge in [-0.3, -0.25) is 4.79 Å². The van der Waals surface area contributed by atoms with Crippen LogP contribution in [0, 0.1) is 16.7 Å². The number of amides is 1. The van der Waals surface area contributed by atoms with Crippen molar-refractivity contribution in [2.75, 3.05) is 23.8 Å². The molecule has 5 unspecified atom stereocenters. The average Bonchev–Trinajstić information content (AvgIpc) is 3.21. The first kappa shape index (κ1) is 24.2. The Balaban J connectivity index is 1.68. The molecule has 7 heteroatoms. The smallest absolute Gasteiger partial charge is 0.225 e. The number of thiazole rings is 1. The summed E-state index contributed by atoms with van der Waals surface area (Å²) in [6, 6.07) is 9.55. The summed E-state index contributed by atoms with van der Waals surface area (Å²) >= 11 is 1.67.